The molecule has 4 N–H and O–H groups in total. The molecule has 0 fully saturated rings. The maximum absolute atomic E-state index is 11.2. The average molecular weight is 234 g/mol. The third-order valence-electron chi connectivity index (χ3n) is 2.64. The van der Waals surface area contributed by atoms with Gasteiger partial charge in [-0.05, 0) is 32.6 Å². The van der Waals surface area contributed by atoms with Crippen molar-refractivity contribution >= 4 is 17.7 Å². The van der Waals surface area contributed by atoms with Gasteiger partial charge in [-0.15, -0.1) is 0 Å². The summed E-state index contributed by atoms with van der Waals surface area (Å²) in [4.78, 5) is 11.2. The highest BCUT2D eigenvalue weighted by molar-refractivity contribution is 7.99. The normalized spacial score (nSPS) is 17.1. The molecule has 0 saturated heterocycles. The van der Waals surface area contributed by atoms with E-state index in [0.717, 1.165) is 12.2 Å². The van der Waals surface area contributed by atoms with E-state index in [1.54, 1.807) is 18.8 Å². The smallest absolute Gasteiger partial charge is 0.237 e. The minimum absolute atomic E-state index is 0.216. The monoisotopic (exact) mass is 234 g/mol. The highest BCUT2D eigenvalue weighted by atomic mass is 32.2. The number of amides is 1. The zero-order chi connectivity index (χ0) is 11.9. The molecule has 0 radical (unpaired) electrons. The number of nitrogens with one attached hydrogen (secondary N) is 1. The van der Waals surface area contributed by atoms with Gasteiger partial charge in [-0.25, -0.2) is 0 Å². The summed E-state index contributed by atoms with van der Waals surface area (Å²) < 4.78 is 0. The predicted molar refractivity (Wildman–Crippen MR) is 64.9 cm³/mol. The summed E-state index contributed by atoms with van der Waals surface area (Å²) in [5, 5.41) is 12.1. The van der Waals surface area contributed by atoms with Crippen LogP contribution in [0.15, 0.2) is 0 Å². The summed E-state index contributed by atoms with van der Waals surface area (Å²) in [5.41, 5.74) is 4.69. The molecular formula is C10H22N2O2S. The van der Waals surface area contributed by atoms with Gasteiger partial charge in [-0.3, -0.25) is 4.79 Å². The second-order valence-electron chi connectivity index (χ2n) is 3.89. The summed E-state index contributed by atoms with van der Waals surface area (Å²) >= 11 is 1.75. The Kier molecular flexibility index (Phi) is 6.96. The number of primary amides is 1. The van der Waals surface area contributed by atoms with Crippen molar-refractivity contribution in [3.05, 3.63) is 0 Å². The highest BCUT2D eigenvalue weighted by Gasteiger charge is 2.28. The van der Waals surface area contributed by atoms with Crippen molar-refractivity contribution in [2.45, 2.75) is 37.5 Å². The van der Waals surface area contributed by atoms with Crippen LogP contribution in [0, 0.1) is 0 Å². The molecule has 0 aliphatic carbocycles. The molecule has 0 aromatic rings. The molecule has 15 heavy (non-hydrogen) atoms. The highest BCUT2D eigenvalue weighted by Crippen LogP contribution is 2.19. The van der Waals surface area contributed by atoms with Crippen LogP contribution in [-0.2, 0) is 4.79 Å². The van der Waals surface area contributed by atoms with Gasteiger partial charge in [0.2, 0.25) is 5.91 Å². The maximum atomic E-state index is 11.2. The van der Waals surface area contributed by atoms with Crippen LogP contribution in [0.1, 0.15) is 26.7 Å². The molecule has 0 bridgehead atoms. The van der Waals surface area contributed by atoms with Gasteiger partial charge in [0.1, 0.15) is 0 Å². The van der Waals surface area contributed by atoms with Crippen LogP contribution in [0.3, 0.4) is 0 Å². The Labute approximate surface area is 96.0 Å². The van der Waals surface area contributed by atoms with Crippen molar-refractivity contribution in [2.75, 3.05) is 19.4 Å². The molecule has 2 unspecified atom stereocenters. The Morgan fingerprint density at radius 3 is 2.67 bits per heavy atom. The minimum Gasteiger partial charge on any atom is -0.396 e. The Morgan fingerprint density at radius 2 is 2.27 bits per heavy atom. The molecule has 1 amide bonds. The SMILES string of the molecule is CNC(C)(CCSC(C)CCO)C(N)=O. The summed E-state index contributed by atoms with van der Waals surface area (Å²) in [5.74, 6) is 0.543. The Balaban J connectivity index is 3.87. The van der Waals surface area contributed by atoms with E-state index in [0.29, 0.717) is 11.7 Å². The number of thioether (sulfide) groups is 1. The Bertz CT molecular complexity index is 202. The number of likely N-dealkylation sites (N-methyl/N-ethyl adjacent to an activating group) is 1. The first-order valence-electron chi connectivity index (χ1n) is 5.17. The van der Waals surface area contributed by atoms with Crippen LogP contribution in [-0.4, -0.2) is 41.2 Å². The van der Waals surface area contributed by atoms with Crippen LogP contribution in [0.25, 0.3) is 0 Å². The first-order chi connectivity index (χ1) is 6.96. The zero-order valence-electron chi connectivity index (χ0n) is 9.75. The van der Waals surface area contributed by atoms with Gasteiger partial charge in [0.15, 0.2) is 0 Å². The van der Waals surface area contributed by atoms with Crippen molar-refractivity contribution in [2.24, 2.45) is 5.73 Å². The lowest BCUT2D eigenvalue weighted by Crippen LogP contribution is -2.51. The fourth-order valence-electron chi connectivity index (χ4n) is 1.10. The minimum atomic E-state index is -0.619. The van der Waals surface area contributed by atoms with Crippen LogP contribution >= 0.6 is 11.8 Å². The second kappa shape index (κ2) is 7.09. The number of hydrogen-bond acceptors (Lipinski definition) is 4. The topological polar surface area (TPSA) is 75.3 Å². The Hall–Kier alpha value is -0.260. The van der Waals surface area contributed by atoms with Crippen molar-refractivity contribution in [3.63, 3.8) is 0 Å². The molecule has 0 rings (SSSR count). The number of hydrogen-bond donors (Lipinski definition) is 3. The van der Waals surface area contributed by atoms with E-state index in [-0.39, 0.29) is 12.5 Å². The molecule has 0 aliphatic rings. The third kappa shape index (κ3) is 5.39. The number of aliphatic hydroxyl groups is 1. The van der Waals surface area contributed by atoms with E-state index in [4.69, 9.17) is 10.8 Å². The fraction of sp³-hybridized carbons (Fsp3) is 0.900. The molecule has 0 saturated carbocycles. The Morgan fingerprint density at radius 1 is 1.67 bits per heavy atom. The van der Waals surface area contributed by atoms with Gasteiger partial charge in [-0.1, -0.05) is 6.92 Å². The lowest BCUT2D eigenvalue weighted by molar-refractivity contribution is -0.123. The number of rotatable bonds is 8. The second-order valence-corrected chi connectivity index (χ2v) is 5.44. The molecule has 2 atom stereocenters. The molecule has 4 nitrogen and oxygen atoms in total. The molecule has 0 aromatic carbocycles. The van der Waals surface area contributed by atoms with Crippen molar-refractivity contribution in [3.8, 4) is 0 Å². The van der Waals surface area contributed by atoms with Gasteiger partial charge >= 0.3 is 0 Å². The van der Waals surface area contributed by atoms with Gasteiger partial charge in [0.25, 0.3) is 0 Å². The molecule has 0 heterocycles. The van der Waals surface area contributed by atoms with Crippen molar-refractivity contribution < 1.29 is 9.90 Å². The lowest BCUT2D eigenvalue weighted by atomic mass is 9.99. The van der Waals surface area contributed by atoms with Crippen LogP contribution < -0.4 is 11.1 Å². The van der Waals surface area contributed by atoms with Crippen LogP contribution in [0.2, 0.25) is 0 Å². The van der Waals surface area contributed by atoms with Gasteiger partial charge in [0, 0.05) is 11.9 Å². The van der Waals surface area contributed by atoms with E-state index < -0.39 is 5.54 Å². The van der Waals surface area contributed by atoms with E-state index in [9.17, 15) is 4.79 Å². The first kappa shape index (κ1) is 14.7. The molecular weight excluding hydrogens is 212 g/mol. The van der Waals surface area contributed by atoms with E-state index in [1.165, 1.54) is 0 Å². The molecule has 0 spiro atoms. The van der Waals surface area contributed by atoms with Gasteiger partial charge < -0.3 is 16.2 Å². The number of carbonyl (C=O) groups excluding carboxylic acids is 1. The number of nitrogens with two attached hydrogens (primary N) is 1. The molecule has 0 aromatic heterocycles. The molecule has 0 aliphatic heterocycles. The first-order valence-corrected chi connectivity index (χ1v) is 6.22. The summed E-state index contributed by atoms with van der Waals surface area (Å²) in [6.07, 6.45) is 1.50. The molecule has 90 valence electrons. The summed E-state index contributed by atoms with van der Waals surface area (Å²) in [7, 11) is 1.74. The van der Waals surface area contributed by atoms with E-state index in [2.05, 4.69) is 12.2 Å². The third-order valence-corrected chi connectivity index (χ3v) is 3.88. The lowest BCUT2D eigenvalue weighted by Gasteiger charge is -2.25. The van der Waals surface area contributed by atoms with Crippen molar-refractivity contribution in [1.82, 2.24) is 5.32 Å². The average Bonchev–Trinajstić information content (AvgIpc) is 2.17. The largest absolute Gasteiger partial charge is 0.396 e. The van der Waals surface area contributed by atoms with Gasteiger partial charge in [-0.2, -0.15) is 11.8 Å². The van der Waals surface area contributed by atoms with Crippen LogP contribution in [0.5, 0.6) is 0 Å². The van der Waals surface area contributed by atoms with Crippen molar-refractivity contribution in [1.29, 1.82) is 0 Å². The summed E-state index contributed by atoms with van der Waals surface area (Å²) in [6, 6.07) is 0. The number of aliphatic hydroxyl groups excluding tert-OH is 1. The summed E-state index contributed by atoms with van der Waals surface area (Å²) in [6.45, 7) is 4.10. The maximum Gasteiger partial charge on any atom is 0.237 e. The van der Waals surface area contributed by atoms with Crippen LogP contribution in [0.4, 0.5) is 0 Å². The number of carbonyl (C=O) groups is 1. The molecule has 5 heteroatoms. The standard InChI is InChI=1S/C10H22N2O2S/c1-8(4-6-13)15-7-5-10(2,12-3)9(11)14/h8,12-13H,4-7H2,1-3H3,(H2,11,14). The predicted octanol–water partition coefficient (Wildman–Crippen LogP) is 0.344. The fourth-order valence-corrected chi connectivity index (χ4v) is 2.30. The van der Waals surface area contributed by atoms with Gasteiger partial charge in [0.05, 0.1) is 5.54 Å². The van der Waals surface area contributed by atoms with E-state index in [1.807, 2.05) is 6.92 Å². The zero-order valence-corrected chi connectivity index (χ0v) is 10.6. The van der Waals surface area contributed by atoms with E-state index >= 15 is 0 Å². The quantitative estimate of drug-likeness (QED) is 0.566.